The number of benzene rings is 2. The summed E-state index contributed by atoms with van der Waals surface area (Å²) in [7, 11) is 1.54. The fraction of sp³-hybridized carbons (Fsp3) is 0.182. The SMILES string of the molecule is CNC(=O)NCc1ccc(Cc2ccc(OC(F)F)c(-c3cccc(Cl)c3)c2)cn1. The summed E-state index contributed by atoms with van der Waals surface area (Å²) in [6.07, 6.45) is 2.28. The van der Waals surface area contributed by atoms with Gasteiger partial charge in [-0.3, -0.25) is 4.98 Å². The Morgan fingerprint density at radius 1 is 1.13 bits per heavy atom. The first-order chi connectivity index (χ1) is 14.4. The Morgan fingerprint density at radius 3 is 2.60 bits per heavy atom. The summed E-state index contributed by atoms with van der Waals surface area (Å²) in [5, 5.41) is 5.65. The van der Waals surface area contributed by atoms with Crippen LogP contribution >= 0.6 is 11.6 Å². The molecule has 30 heavy (non-hydrogen) atoms. The van der Waals surface area contributed by atoms with Crippen molar-refractivity contribution in [3.05, 3.63) is 82.6 Å². The van der Waals surface area contributed by atoms with Gasteiger partial charge in [-0.25, -0.2) is 4.79 Å². The maximum Gasteiger partial charge on any atom is 0.387 e. The number of urea groups is 1. The van der Waals surface area contributed by atoms with Gasteiger partial charge in [0.25, 0.3) is 0 Å². The van der Waals surface area contributed by atoms with Gasteiger partial charge in [0.1, 0.15) is 5.75 Å². The molecule has 2 aromatic carbocycles. The molecular weight excluding hydrogens is 412 g/mol. The van der Waals surface area contributed by atoms with Crippen LogP contribution in [0.15, 0.2) is 60.8 Å². The predicted octanol–water partition coefficient (Wildman–Crippen LogP) is 5.02. The summed E-state index contributed by atoms with van der Waals surface area (Å²) in [6, 6.07) is 15.5. The highest BCUT2D eigenvalue weighted by molar-refractivity contribution is 6.30. The standard InChI is InChI=1S/C22H20ClF2N3O2/c1-26-22(29)28-13-18-7-5-15(12-27-18)9-14-6-8-20(30-21(24)25)19(10-14)16-3-2-4-17(23)11-16/h2-8,10-12,21H,9,13H2,1H3,(H2,26,28,29). The lowest BCUT2D eigenvalue weighted by Crippen LogP contribution is -2.32. The van der Waals surface area contributed by atoms with Gasteiger partial charge in [-0.15, -0.1) is 0 Å². The molecule has 0 aliphatic rings. The van der Waals surface area contributed by atoms with Crippen molar-refractivity contribution in [3.63, 3.8) is 0 Å². The minimum absolute atomic E-state index is 0.0877. The minimum atomic E-state index is -2.92. The Labute approximate surface area is 178 Å². The average molecular weight is 432 g/mol. The Balaban J connectivity index is 1.81. The quantitative estimate of drug-likeness (QED) is 0.552. The predicted molar refractivity (Wildman–Crippen MR) is 112 cm³/mol. The molecule has 0 radical (unpaired) electrons. The second-order valence-corrected chi connectivity index (χ2v) is 6.92. The van der Waals surface area contributed by atoms with Gasteiger partial charge in [0, 0.05) is 23.8 Å². The maximum atomic E-state index is 12.8. The third kappa shape index (κ3) is 5.90. The molecule has 3 aromatic rings. The molecule has 1 aromatic heterocycles. The van der Waals surface area contributed by atoms with Crippen LogP contribution in [0.2, 0.25) is 5.02 Å². The van der Waals surface area contributed by atoms with E-state index in [1.54, 1.807) is 43.6 Å². The number of alkyl halides is 2. The summed E-state index contributed by atoms with van der Waals surface area (Å²) in [4.78, 5) is 15.6. The number of pyridine rings is 1. The van der Waals surface area contributed by atoms with Gasteiger partial charge in [0.2, 0.25) is 0 Å². The van der Waals surface area contributed by atoms with Crippen molar-refractivity contribution in [2.45, 2.75) is 19.6 Å². The number of ether oxygens (including phenoxy) is 1. The normalized spacial score (nSPS) is 10.7. The monoisotopic (exact) mass is 431 g/mol. The first kappa shape index (κ1) is 21.5. The zero-order valence-corrected chi connectivity index (χ0v) is 16.9. The van der Waals surface area contributed by atoms with E-state index in [4.69, 9.17) is 11.6 Å². The van der Waals surface area contributed by atoms with Gasteiger partial charge in [0.15, 0.2) is 0 Å². The largest absolute Gasteiger partial charge is 0.434 e. The molecule has 0 spiro atoms. The first-order valence-electron chi connectivity index (χ1n) is 9.17. The molecular formula is C22H20ClF2N3O2. The van der Waals surface area contributed by atoms with Crippen molar-refractivity contribution in [2.24, 2.45) is 0 Å². The number of hydrogen-bond acceptors (Lipinski definition) is 3. The van der Waals surface area contributed by atoms with Gasteiger partial charge in [-0.1, -0.05) is 35.9 Å². The van der Waals surface area contributed by atoms with Crippen molar-refractivity contribution >= 4 is 17.6 Å². The molecule has 0 fully saturated rings. The van der Waals surface area contributed by atoms with Crippen LogP contribution in [-0.2, 0) is 13.0 Å². The Hall–Kier alpha value is -3.19. The van der Waals surface area contributed by atoms with Crippen LogP contribution in [0, 0.1) is 0 Å². The molecule has 2 amide bonds. The van der Waals surface area contributed by atoms with Crippen LogP contribution in [0.25, 0.3) is 11.1 Å². The fourth-order valence-electron chi connectivity index (χ4n) is 2.93. The Kier molecular flexibility index (Phi) is 7.19. The van der Waals surface area contributed by atoms with Crippen LogP contribution in [0.4, 0.5) is 13.6 Å². The number of amides is 2. The zero-order valence-electron chi connectivity index (χ0n) is 16.2. The number of nitrogens with zero attached hydrogens (tertiary/aromatic N) is 1. The summed E-state index contributed by atoms with van der Waals surface area (Å²) in [5.41, 5.74) is 3.80. The molecule has 0 bridgehead atoms. The zero-order chi connectivity index (χ0) is 21.5. The number of carbonyl (C=O) groups excluding carboxylic acids is 1. The molecule has 0 unspecified atom stereocenters. The van der Waals surface area contributed by atoms with Gasteiger partial charge in [-0.05, 0) is 53.4 Å². The number of carbonyl (C=O) groups is 1. The molecule has 8 heteroatoms. The summed E-state index contributed by atoms with van der Waals surface area (Å²) < 4.78 is 30.3. The molecule has 3 rings (SSSR count). The Morgan fingerprint density at radius 2 is 1.93 bits per heavy atom. The highest BCUT2D eigenvalue weighted by atomic mass is 35.5. The van der Waals surface area contributed by atoms with Gasteiger partial charge in [0.05, 0.1) is 12.2 Å². The summed E-state index contributed by atoms with van der Waals surface area (Å²) >= 11 is 6.06. The van der Waals surface area contributed by atoms with Crippen LogP contribution in [0.3, 0.4) is 0 Å². The van der Waals surface area contributed by atoms with E-state index in [0.717, 1.165) is 16.8 Å². The summed E-state index contributed by atoms with van der Waals surface area (Å²) in [5.74, 6) is 0.0877. The van der Waals surface area contributed by atoms with Gasteiger partial charge in [-0.2, -0.15) is 8.78 Å². The number of halogens is 3. The van der Waals surface area contributed by atoms with Crippen molar-refractivity contribution in [1.82, 2.24) is 15.6 Å². The van der Waals surface area contributed by atoms with Crippen molar-refractivity contribution in [2.75, 3.05) is 7.05 Å². The lowest BCUT2D eigenvalue weighted by Gasteiger charge is -2.13. The van der Waals surface area contributed by atoms with Gasteiger partial charge < -0.3 is 15.4 Å². The number of rotatable bonds is 7. The van der Waals surface area contributed by atoms with Crippen molar-refractivity contribution < 1.29 is 18.3 Å². The molecule has 1 heterocycles. The second kappa shape index (κ2) is 10.0. The van der Waals surface area contributed by atoms with E-state index in [2.05, 4.69) is 20.4 Å². The van der Waals surface area contributed by atoms with Crippen molar-refractivity contribution in [3.8, 4) is 16.9 Å². The number of nitrogens with one attached hydrogen (secondary N) is 2. The molecule has 0 saturated carbocycles. The number of aromatic nitrogens is 1. The third-order valence-corrected chi connectivity index (χ3v) is 4.58. The van der Waals surface area contributed by atoms with E-state index in [9.17, 15) is 13.6 Å². The molecule has 5 nitrogen and oxygen atoms in total. The first-order valence-corrected chi connectivity index (χ1v) is 9.55. The van der Waals surface area contributed by atoms with E-state index < -0.39 is 6.61 Å². The highest BCUT2D eigenvalue weighted by Gasteiger charge is 2.13. The highest BCUT2D eigenvalue weighted by Crippen LogP contribution is 2.34. The van der Waals surface area contributed by atoms with Crippen LogP contribution in [0.1, 0.15) is 16.8 Å². The lowest BCUT2D eigenvalue weighted by molar-refractivity contribution is -0.0494. The lowest BCUT2D eigenvalue weighted by atomic mass is 9.98. The van der Waals surface area contributed by atoms with Crippen LogP contribution in [-0.4, -0.2) is 24.7 Å². The Bertz CT molecular complexity index is 1010. The average Bonchev–Trinajstić information content (AvgIpc) is 2.73. The van der Waals surface area contributed by atoms with E-state index >= 15 is 0 Å². The van der Waals surface area contributed by atoms with E-state index in [0.29, 0.717) is 29.1 Å². The fourth-order valence-corrected chi connectivity index (χ4v) is 3.12. The number of hydrogen-bond donors (Lipinski definition) is 2. The molecule has 0 aliphatic carbocycles. The second-order valence-electron chi connectivity index (χ2n) is 6.49. The van der Waals surface area contributed by atoms with E-state index in [-0.39, 0.29) is 11.8 Å². The van der Waals surface area contributed by atoms with Crippen LogP contribution in [0.5, 0.6) is 5.75 Å². The molecule has 0 atom stereocenters. The molecule has 156 valence electrons. The van der Waals surface area contributed by atoms with E-state index in [1.165, 1.54) is 6.07 Å². The smallest absolute Gasteiger partial charge is 0.387 e. The van der Waals surface area contributed by atoms with Gasteiger partial charge >= 0.3 is 12.6 Å². The van der Waals surface area contributed by atoms with Crippen molar-refractivity contribution in [1.29, 1.82) is 0 Å². The maximum absolute atomic E-state index is 12.8. The molecule has 0 aliphatic heterocycles. The summed E-state index contributed by atoms with van der Waals surface area (Å²) in [6.45, 7) is -2.60. The molecule has 2 N–H and O–H groups in total. The van der Waals surface area contributed by atoms with Crippen LogP contribution < -0.4 is 15.4 Å². The molecule has 0 saturated heterocycles. The van der Waals surface area contributed by atoms with E-state index in [1.807, 2.05) is 18.2 Å². The topological polar surface area (TPSA) is 63.2 Å². The minimum Gasteiger partial charge on any atom is -0.434 e. The third-order valence-electron chi connectivity index (χ3n) is 4.35.